The van der Waals surface area contributed by atoms with Gasteiger partial charge in [-0.1, -0.05) is 35.3 Å². The van der Waals surface area contributed by atoms with E-state index in [1.54, 1.807) is 31.2 Å². The van der Waals surface area contributed by atoms with Crippen molar-refractivity contribution in [1.82, 2.24) is 10.6 Å². The molecule has 0 unspecified atom stereocenters. The molecular weight excluding hydrogens is 477 g/mol. The van der Waals surface area contributed by atoms with Crippen LogP contribution in [0, 0.1) is 0 Å². The van der Waals surface area contributed by atoms with Crippen molar-refractivity contribution in [2.75, 3.05) is 18.5 Å². The minimum Gasteiger partial charge on any atom is -0.490 e. The van der Waals surface area contributed by atoms with E-state index in [1.807, 2.05) is 0 Å². The maximum atomic E-state index is 12.3. The smallest absolute Gasteiger partial charge is 0.263 e. The highest BCUT2D eigenvalue weighted by molar-refractivity contribution is 7.80. The molecule has 0 radical (unpaired) electrons. The molecule has 2 aromatic carbocycles. The molecule has 8 nitrogen and oxygen atoms in total. The highest BCUT2D eigenvalue weighted by Gasteiger charge is 2.26. The average molecular weight is 494 g/mol. The summed E-state index contributed by atoms with van der Waals surface area (Å²) in [6, 6.07) is 9.80. The molecule has 166 valence electrons. The van der Waals surface area contributed by atoms with Gasteiger partial charge < -0.3 is 14.8 Å². The fourth-order valence-electron chi connectivity index (χ4n) is 2.73. The fourth-order valence-corrected chi connectivity index (χ4v) is 3.38. The zero-order chi connectivity index (χ0) is 23.3. The third-order valence-corrected chi connectivity index (χ3v) is 4.90. The molecule has 0 atom stereocenters. The van der Waals surface area contributed by atoms with Crippen molar-refractivity contribution in [2.45, 2.75) is 6.92 Å². The number of hydrogen-bond acceptors (Lipinski definition) is 6. The molecule has 0 spiro atoms. The van der Waals surface area contributed by atoms with Gasteiger partial charge in [0.15, 0.2) is 23.2 Å². The van der Waals surface area contributed by atoms with Gasteiger partial charge in [0.25, 0.3) is 17.7 Å². The summed E-state index contributed by atoms with van der Waals surface area (Å²) in [5, 5.41) is 7.80. The number of nitrogens with one attached hydrogen (secondary N) is 3. The number of carbonyl (C=O) groups excluding carboxylic acids is 3. The number of rotatable bonds is 7. The van der Waals surface area contributed by atoms with Gasteiger partial charge in [0, 0.05) is 0 Å². The Morgan fingerprint density at radius 1 is 1.09 bits per heavy atom. The predicted molar refractivity (Wildman–Crippen MR) is 125 cm³/mol. The standard InChI is InChI=1S/C21H17Cl2N3O5S/c1-2-30-16-9-11(7-12-19(28)25-21(32)26-20(12)29)8-14(23)18(16)31-10-17(27)24-15-6-4-3-5-13(15)22/h3-9H,2,10H2,1H3,(H,24,27)(H2,25,26,28,29,32). The van der Waals surface area contributed by atoms with Crippen molar-refractivity contribution in [1.29, 1.82) is 0 Å². The van der Waals surface area contributed by atoms with Crippen LogP contribution in [0.25, 0.3) is 6.08 Å². The lowest BCUT2D eigenvalue weighted by atomic mass is 10.1. The number of thiocarbonyl (C=S) groups is 1. The number of ether oxygens (including phenoxy) is 2. The molecule has 1 fully saturated rings. The Balaban J connectivity index is 1.80. The van der Waals surface area contributed by atoms with Crippen LogP contribution in [-0.4, -0.2) is 36.0 Å². The van der Waals surface area contributed by atoms with Crippen LogP contribution in [0.5, 0.6) is 11.5 Å². The third-order valence-electron chi connectivity index (χ3n) is 4.08. The zero-order valence-electron chi connectivity index (χ0n) is 16.7. The summed E-state index contributed by atoms with van der Waals surface area (Å²) in [5.41, 5.74) is 0.716. The molecule has 0 bridgehead atoms. The van der Waals surface area contributed by atoms with Crippen LogP contribution in [0.1, 0.15) is 12.5 Å². The van der Waals surface area contributed by atoms with Crippen LogP contribution in [0.15, 0.2) is 42.0 Å². The minimum absolute atomic E-state index is 0.0657. The van der Waals surface area contributed by atoms with Gasteiger partial charge in [0.1, 0.15) is 5.57 Å². The minimum atomic E-state index is -0.635. The van der Waals surface area contributed by atoms with E-state index >= 15 is 0 Å². The molecule has 1 heterocycles. The molecule has 1 saturated heterocycles. The quantitative estimate of drug-likeness (QED) is 0.310. The molecule has 0 saturated carbocycles. The van der Waals surface area contributed by atoms with E-state index < -0.39 is 17.7 Å². The van der Waals surface area contributed by atoms with Gasteiger partial charge in [-0.05, 0) is 55.0 Å². The maximum Gasteiger partial charge on any atom is 0.263 e. The van der Waals surface area contributed by atoms with Gasteiger partial charge in [0.05, 0.1) is 22.3 Å². The highest BCUT2D eigenvalue weighted by Crippen LogP contribution is 2.37. The molecule has 2 aromatic rings. The van der Waals surface area contributed by atoms with Crippen LogP contribution < -0.4 is 25.4 Å². The Labute approximate surface area is 198 Å². The van der Waals surface area contributed by atoms with Gasteiger partial charge in [0.2, 0.25) is 0 Å². The number of hydrogen-bond donors (Lipinski definition) is 3. The summed E-state index contributed by atoms with van der Waals surface area (Å²) in [7, 11) is 0. The highest BCUT2D eigenvalue weighted by atomic mass is 35.5. The summed E-state index contributed by atoms with van der Waals surface area (Å²) >= 11 is 17.2. The lowest BCUT2D eigenvalue weighted by Gasteiger charge is -2.17. The lowest BCUT2D eigenvalue weighted by Crippen LogP contribution is -2.51. The van der Waals surface area contributed by atoms with E-state index in [0.717, 1.165) is 0 Å². The van der Waals surface area contributed by atoms with Gasteiger partial charge in [-0.2, -0.15) is 0 Å². The molecule has 11 heteroatoms. The Bertz CT molecular complexity index is 1110. The summed E-state index contributed by atoms with van der Waals surface area (Å²) in [6.07, 6.45) is 1.34. The number of anilines is 1. The maximum absolute atomic E-state index is 12.3. The van der Waals surface area contributed by atoms with Crippen LogP contribution in [0.4, 0.5) is 5.69 Å². The second-order valence-corrected chi connectivity index (χ2v) is 7.60. The molecule has 3 N–H and O–H groups in total. The Morgan fingerprint density at radius 2 is 1.78 bits per heavy atom. The number of halogens is 2. The van der Waals surface area contributed by atoms with Crippen LogP contribution >= 0.6 is 35.4 Å². The third kappa shape index (κ3) is 5.76. The second-order valence-electron chi connectivity index (χ2n) is 6.38. The SMILES string of the molecule is CCOc1cc(C=C2C(=O)NC(=S)NC2=O)cc(Cl)c1OCC(=O)Nc1ccccc1Cl. The molecule has 1 aliphatic rings. The van der Waals surface area contributed by atoms with E-state index in [0.29, 0.717) is 16.3 Å². The lowest BCUT2D eigenvalue weighted by molar-refractivity contribution is -0.123. The first-order chi connectivity index (χ1) is 15.3. The van der Waals surface area contributed by atoms with Gasteiger partial charge in [-0.3, -0.25) is 25.0 Å². The van der Waals surface area contributed by atoms with Crippen molar-refractivity contribution < 1.29 is 23.9 Å². The van der Waals surface area contributed by atoms with E-state index in [9.17, 15) is 14.4 Å². The monoisotopic (exact) mass is 493 g/mol. The first-order valence-corrected chi connectivity index (χ1v) is 10.5. The molecule has 1 aliphatic heterocycles. The topological polar surface area (TPSA) is 106 Å². The molecular formula is C21H17Cl2N3O5S. The van der Waals surface area contributed by atoms with E-state index in [1.165, 1.54) is 18.2 Å². The largest absolute Gasteiger partial charge is 0.490 e. The predicted octanol–water partition coefficient (Wildman–Crippen LogP) is 3.32. The van der Waals surface area contributed by atoms with Crippen LogP contribution in [0.3, 0.4) is 0 Å². The van der Waals surface area contributed by atoms with Crippen LogP contribution in [-0.2, 0) is 14.4 Å². The van der Waals surface area contributed by atoms with E-state index in [-0.39, 0.29) is 40.4 Å². The van der Waals surface area contributed by atoms with Crippen LogP contribution in [0.2, 0.25) is 10.0 Å². The molecule has 3 rings (SSSR count). The fraction of sp³-hybridized carbons (Fsp3) is 0.143. The number of para-hydroxylation sites is 1. The van der Waals surface area contributed by atoms with Crippen molar-refractivity contribution >= 4 is 70.0 Å². The first-order valence-electron chi connectivity index (χ1n) is 9.30. The Kier molecular flexibility index (Phi) is 7.68. The summed E-state index contributed by atoms with van der Waals surface area (Å²) in [6.45, 7) is 1.69. The van der Waals surface area contributed by atoms with Gasteiger partial charge >= 0.3 is 0 Å². The van der Waals surface area contributed by atoms with Crippen molar-refractivity contribution in [3.8, 4) is 11.5 Å². The van der Waals surface area contributed by atoms with Crippen molar-refractivity contribution in [3.63, 3.8) is 0 Å². The average Bonchev–Trinajstić information content (AvgIpc) is 2.72. The molecule has 0 aliphatic carbocycles. The van der Waals surface area contributed by atoms with E-state index in [4.69, 9.17) is 44.9 Å². The number of amides is 3. The second kappa shape index (κ2) is 10.4. The number of carbonyl (C=O) groups is 3. The van der Waals surface area contributed by atoms with Crippen molar-refractivity contribution in [3.05, 3.63) is 57.6 Å². The summed E-state index contributed by atoms with van der Waals surface area (Å²) < 4.78 is 11.2. The zero-order valence-corrected chi connectivity index (χ0v) is 19.0. The number of benzene rings is 2. The molecule has 0 aromatic heterocycles. The molecule has 3 amide bonds. The van der Waals surface area contributed by atoms with Crippen molar-refractivity contribution in [2.24, 2.45) is 0 Å². The Hall–Kier alpha value is -3.14. The summed E-state index contributed by atoms with van der Waals surface area (Å²) in [5.74, 6) is -1.34. The molecule has 32 heavy (non-hydrogen) atoms. The van der Waals surface area contributed by atoms with Gasteiger partial charge in [-0.15, -0.1) is 0 Å². The van der Waals surface area contributed by atoms with E-state index in [2.05, 4.69) is 16.0 Å². The van der Waals surface area contributed by atoms with Gasteiger partial charge in [-0.25, -0.2) is 0 Å². The normalized spacial score (nSPS) is 13.2. The summed E-state index contributed by atoms with van der Waals surface area (Å²) in [4.78, 5) is 36.4. The first kappa shape index (κ1) is 23.5. The Morgan fingerprint density at radius 3 is 2.44 bits per heavy atom.